The molecule has 0 bridgehead atoms. The highest BCUT2D eigenvalue weighted by Crippen LogP contribution is 2.31. The van der Waals surface area contributed by atoms with Crippen molar-refractivity contribution in [1.82, 2.24) is 0 Å². The van der Waals surface area contributed by atoms with E-state index in [1.54, 1.807) is 6.07 Å². The summed E-state index contributed by atoms with van der Waals surface area (Å²) in [7, 11) is 0. The zero-order chi connectivity index (χ0) is 13.1. The minimum absolute atomic E-state index is 0.0788. The molecule has 0 amide bonds. The van der Waals surface area contributed by atoms with Crippen LogP contribution in [0.1, 0.15) is 30.1 Å². The summed E-state index contributed by atoms with van der Waals surface area (Å²) in [5, 5.41) is 11.0. The maximum atomic E-state index is 11.0. The van der Waals surface area contributed by atoms with E-state index in [1.165, 1.54) is 12.1 Å². The van der Waals surface area contributed by atoms with Crippen LogP contribution in [0, 0.1) is 16.0 Å². The Morgan fingerprint density at radius 1 is 1.39 bits per heavy atom. The summed E-state index contributed by atoms with van der Waals surface area (Å²) in [5.41, 5.74) is 1.13. The maximum absolute atomic E-state index is 11.0. The van der Waals surface area contributed by atoms with Crippen molar-refractivity contribution in [3.05, 3.63) is 33.9 Å². The molecule has 0 atom stereocenters. The molecule has 5 nitrogen and oxygen atoms in total. The predicted molar refractivity (Wildman–Crippen MR) is 69.1 cm³/mol. The summed E-state index contributed by atoms with van der Waals surface area (Å²) in [4.78, 5) is 23.4. The summed E-state index contributed by atoms with van der Waals surface area (Å²) >= 11 is 0. The summed E-state index contributed by atoms with van der Waals surface area (Å²) < 4.78 is 0. The first-order chi connectivity index (χ1) is 8.61. The van der Waals surface area contributed by atoms with Crippen molar-refractivity contribution in [2.75, 3.05) is 18.0 Å². The molecule has 1 aromatic carbocycles. The van der Waals surface area contributed by atoms with Gasteiger partial charge in [0.15, 0.2) is 0 Å². The third-order valence-corrected chi connectivity index (χ3v) is 3.46. The number of rotatable bonds is 3. The standard InChI is InChI=1S/C13H16N2O3/c1-10-4-6-14(7-5-10)13-8-11(9-16)2-3-12(13)15(17)18/h2-3,8-10H,4-7H2,1H3. The summed E-state index contributed by atoms with van der Waals surface area (Å²) in [5.74, 6) is 0.662. The highest BCUT2D eigenvalue weighted by Gasteiger charge is 2.23. The van der Waals surface area contributed by atoms with E-state index in [-0.39, 0.29) is 10.6 Å². The minimum atomic E-state index is -0.387. The number of anilines is 1. The Balaban J connectivity index is 2.34. The average Bonchev–Trinajstić information content (AvgIpc) is 2.38. The van der Waals surface area contributed by atoms with E-state index in [0.29, 0.717) is 17.2 Å². The van der Waals surface area contributed by atoms with Crippen molar-refractivity contribution in [3.63, 3.8) is 0 Å². The van der Waals surface area contributed by atoms with Gasteiger partial charge in [0.1, 0.15) is 12.0 Å². The second-order valence-electron chi connectivity index (χ2n) is 4.79. The fourth-order valence-corrected chi connectivity index (χ4v) is 2.27. The van der Waals surface area contributed by atoms with E-state index in [2.05, 4.69) is 6.92 Å². The van der Waals surface area contributed by atoms with E-state index < -0.39 is 0 Å². The summed E-state index contributed by atoms with van der Waals surface area (Å²) in [6.07, 6.45) is 2.78. The number of nitro groups is 1. The van der Waals surface area contributed by atoms with Gasteiger partial charge >= 0.3 is 0 Å². The molecule has 1 fully saturated rings. The van der Waals surface area contributed by atoms with Crippen LogP contribution in [0.3, 0.4) is 0 Å². The molecule has 18 heavy (non-hydrogen) atoms. The van der Waals surface area contributed by atoms with Crippen molar-refractivity contribution in [3.8, 4) is 0 Å². The lowest BCUT2D eigenvalue weighted by atomic mass is 9.98. The van der Waals surface area contributed by atoms with E-state index in [9.17, 15) is 14.9 Å². The molecular formula is C13H16N2O3. The summed E-state index contributed by atoms with van der Waals surface area (Å²) in [6, 6.07) is 4.51. The van der Waals surface area contributed by atoms with Gasteiger partial charge in [-0.1, -0.05) is 6.92 Å². The van der Waals surface area contributed by atoms with Crippen LogP contribution in [-0.2, 0) is 0 Å². The monoisotopic (exact) mass is 248 g/mol. The number of carbonyl (C=O) groups is 1. The van der Waals surface area contributed by atoms with E-state index in [1.807, 2.05) is 4.90 Å². The molecule has 1 heterocycles. The number of benzene rings is 1. The van der Waals surface area contributed by atoms with Gasteiger partial charge in [-0.15, -0.1) is 0 Å². The fourth-order valence-electron chi connectivity index (χ4n) is 2.27. The normalized spacial score (nSPS) is 16.6. The molecule has 1 aromatic rings. The lowest BCUT2D eigenvalue weighted by Crippen LogP contribution is -2.33. The quantitative estimate of drug-likeness (QED) is 0.468. The molecule has 0 saturated carbocycles. The summed E-state index contributed by atoms with van der Waals surface area (Å²) in [6.45, 7) is 3.81. The second-order valence-corrected chi connectivity index (χ2v) is 4.79. The molecule has 0 unspecified atom stereocenters. The van der Waals surface area contributed by atoms with Gasteiger partial charge in [0, 0.05) is 24.7 Å². The van der Waals surface area contributed by atoms with Gasteiger partial charge in [0.25, 0.3) is 5.69 Å². The highest BCUT2D eigenvalue weighted by molar-refractivity contribution is 5.80. The number of aldehydes is 1. The van der Waals surface area contributed by atoms with Crippen molar-refractivity contribution in [2.45, 2.75) is 19.8 Å². The topological polar surface area (TPSA) is 63.5 Å². The van der Waals surface area contributed by atoms with Crippen LogP contribution >= 0.6 is 0 Å². The molecule has 0 radical (unpaired) electrons. The zero-order valence-electron chi connectivity index (χ0n) is 10.3. The lowest BCUT2D eigenvalue weighted by molar-refractivity contribution is -0.384. The van der Waals surface area contributed by atoms with Crippen LogP contribution in [0.4, 0.5) is 11.4 Å². The lowest BCUT2D eigenvalue weighted by Gasteiger charge is -2.31. The Hall–Kier alpha value is -1.91. The van der Waals surface area contributed by atoms with Crippen LogP contribution in [0.5, 0.6) is 0 Å². The SMILES string of the molecule is CC1CCN(c2cc(C=O)ccc2[N+](=O)[O-])CC1. The molecule has 1 aliphatic heterocycles. The van der Waals surface area contributed by atoms with Gasteiger partial charge in [-0.3, -0.25) is 14.9 Å². The third-order valence-electron chi connectivity index (χ3n) is 3.46. The van der Waals surface area contributed by atoms with Crippen LogP contribution in [0.15, 0.2) is 18.2 Å². The maximum Gasteiger partial charge on any atom is 0.292 e. The van der Waals surface area contributed by atoms with Gasteiger partial charge in [-0.05, 0) is 30.9 Å². The van der Waals surface area contributed by atoms with Gasteiger partial charge in [0.05, 0.1) is 4.92 Å². The van der Waals surface area contributed by atoms with Crippen molar-refractivity contribution in [2.24, 2.45) is 5.92 Å². The number of hydrogen-bond acceptors (Lipinski definition) is 4. The predicted octanol–water partition coefficient (Wildman–Crippen LogP) is 2.64. The van der Waals surface area contributed by atoms with Crippen LogP contribution in [-0.4, -0.2) is 24.3 Å². The molecule has 0 N–H and O–H groups in total. The molecule has 1 saturated heterocycles. The zero-order valence-corrected chi connectivity index (χ0v) is 10.3. The minimum Gasteiger partial charge on any atom is -0.366 e. The van der Waals surface area contributed by atoms with Crippen LogP contribution in [0.25, 0.3) is 0 Å². The molecule has 1 aliphatic rings. The first-order valence-electron chi connectivity index (χ1n) is 6.10. The second kappa shape index (κ2) is 5.16. The Bertz CT molecular complexity index is 465. The number of carbonyl (C=O) groups excluding carboxylic acids is 1. The smallest absolute Gasteiger partial charge is 0.292 e. The number of nitro benzene ring substituents is 1. The Morgan fingerprint density at radius 3 is 2.61 bits per heavy atom. The largest absolute Gasteiger partial charge is 0.366 e. The number of nitrogens with zero attached hydrogens (tertiary/aromatic N) is 2. The van der Waals surface area contributed by atoms with Crippen molar-refractivity contribution in [1.29, 1.82) is 0 Å². The number of hydrogen-bond donors (Lipinski definition) is 0. The highest BCUT2D eigenvalue weighted by atomic mass is 16.6. The van der Waals surface area contributed by atoms with Gasteiger partial charge in [-0.2, -0.15) is 0 Å². The molecule has 0 spiro atoms. The van der Waals surface area contributed by atoms with Gasteiger partial charge in [0.2, 0.25) is 0 Å². The molecule has 5 heteroatoms. The molecule has 0 aromatic heterocycles. The third kappa shape index (κ3) is 2.50. The van der Waals surface area contributed by atoms with Crippen LogP contribution in [0.2, 0.25) is 0 Å². The Labute approximate surface area is 106 Å². The number of piperidine rings is 1. The van der Waals surface area contributed by atoms with Crippen molar-refractivity contribution < 1.29 is 9.72 Å². The first-order valence-corrected chi connectivity index (χ1v) is 6.10. The Morgan fingerprint density at radius 2 is 2.06 bits per heavy atom. The van der Waals surface area contributed by atoms with Crippen LogP contribution < -0.4 is 4.90 Å². The first kappa shape index (κ1) is 12.5. The molecular weight excluding hydrogens is 232 g/mol. The Kier molecular flexibility index (Phi) is 3.60. The molecule has 0 aliphatic carbocycles. The van der Waals surface area contributed by atoms with Gasteiger partial charge < -0.3 is 4.90 Å². The van der Waals surface area contributed by atoms with E-state index in [0.717, 1.165) is 32.2 Å². The van der Waals surface area contributed by atoms with Gasteiger partial charge in [-0.25, -0.2) is 0 Å². The molecule has 2 rings (SSSR count). The van der Waals surface area contributed by atoms with E-state index in [4.69, 9.17) is 0 Å². The average molecular weight is 248 g/mol. The fraction of sp³-hybridized carbons (Fsp3) is 0.462. The molecule has 96 valence electrons. The van der Waals surface area contributed by atoms with Crippen molar-refractivity contribution >= 4 is 17.7 Å². The van der Waals surface area contributed by atoms with E-state index >= 15 is 0 Å².